The third-order valence-corrected chi connectivity index (χ3v) is 3.55. The molecular formula is C14H19ClFNO. The van der Waals surface area contributed by atoms with Crippen molar-refractivity contribution in [2.24, 2.45) is 0 Å². The predicted octanol–water partition coefficient (Wildman–Crippen LogP) is 3.53. The smallest absolute Gasteiger partial charge is 0.142 e. The van der Waals surface area contributed by atoms with Gasteiger partial charge in [0.25, 0.3) is 0 Å². The van der Waals surface area contributed by atoms with Gasteiger partial charge in [0.05, 0.1) is 17.7 Å². The summed E-state index contributed by atoms with van der Waals surface area (Å²) in [6.07, 6.45) is 5.44. The van der Waals surface area contributed by atoms with Crippen molar-refractivity contribution in [1.82, 2.24) is 5.32 Å². The highest BCUT2D eigenvalue weighted by Crippen LogP contribution is 2.20. The Morgan fingerprint density at radius 2 is 2.11 bits per heavy atom. The lowest BCUT2D eigenvalue weighted by Gasteiger charge is -2.11. The van der Waals surface area contributed by atoms with E-state index in [4.69, 9.17) is 16.3 Å². The van der Waals surface area contributed by atoms with E-state index in [1.807, 2.05) is 6.07 Å². The number of hydrogen-bond donors (Lipinski definition) is 1. The fraction of sp³-hybridized carbons (Fsp3) is 0.571. The molecule has 0 aliphatic heterocycles. The van der Waals surface area contributed by atoms with Crippen molar-refractivity contribution < 1.29 is 9.13 Å². The number of hydrogen-bond acceptors (Lipinski definition) is 2. The van der Waals surface area contributed by atoms with Gasteiger partial charge in [0.1, 0.15) is 5.82 Å². The molecule has 1 N–H and O–H groups in total. The van der Waals surface area contributed by atoms with Crippen molar-refractivity contribution in [2.45, 2.75) is 38.3 Å². The van der Waals surface area contributed by atoms with E-state index in [9.17, 15) is 4.39 Å². The van der Waals surface area contributed by atoms with Crippen LogP contribution in [0.25, 0.3) is 0 Å². The van der Waals surface area contributed by atoms with Crippen LogP contribution in [0.15, 0.2) is 18.2 Å². The minimum atomic E-state index is -0.363. The Labute approximate surface area is 112 Å². The van der Waals surface area contributed by atoms with Crippen LogP contribution in [0.3, 0.4) is 0 Å². The number of ether oxygens (including phenoxy) is 1. The Balaban J connectivity index is 1.61. The van der Waals surface area contributed by atoms with Gasteiger partial charge in [-0.3, -0.25) is 0 Å². The Hall–Kier alpha value is -0.640. The SMILES string of the molecule is Fc1cc(CNCCOC2CCCC2)ccc1Cl. The molecule has 1 aliphatic rings. The first kappa shape index (κ1) is 13.8. The van der Waals surface area contributed by atoms with Crippen molar-refractivity contribution >= 4 is 11.6 Å². The fourth-order valence-electron chi connectivity index (χ4n) is 2.24. The molecule has 4 heteroatoms. The molecule has 100 valence electrons. The van der Waals surface area contributed by atoms with Crippen molar-refractivity contribution in [1.29, 1.82) is 0 Å². The Kier molecular flexibility index (Phi) is 5.42. The van der Waals surface area contributed by atoms with Crippen molar-refractivity contribution in [2.75, 3.05) is 13.2 Å². The van der Waals surface area contributed by atoms with Crippen molar-refractivity contribution in [3.05, 3.63) is 34.6 Å². The average molecular weight is 272 g/mol. The van der Waals surface area contributed by atoms with E-state index in [2.05, 4.69) is 5.32 Å². The van der Waals surface area contributed by atoms with Gasteiger partial charge in [-0.15, -0.1) is 0 Å². The zero-order valence-electron chi connectivity index (χ0n) is 10.4. The maximum absolute atomic E-state index is 13.2. The average Bonchev–Trinajstić information content (AvgIpc) is 2.86. The molecule has 0 heterocycles. The number of rotatable bonds is 6. The molecular weight excluding hydrogens is 253 g/mol. The van der Waals surface area contributed by atoms with E-state index < -0.39 is 0 Å². The van der Waals surface area contributed by atoms with E-state index >= 15 is 0 Å². The molecule has 0 bridgehead atoms. The normalized spacial score (nSPS) is 16.3. The van der Waals surface area contributed by atoms with Crippen LogP contribution in [0.4, 0.5) is 4.39 Å². The quantitative estimate of drug-likeness (QED) is 0.799. The summed E-state index contributed by atoms with van der Waals surface area (Å²) in [5.41, 5.74) is 0.901. The van der Waals surface area contributed by atoms with E-state index in [0.29, 0.717) is 12.6 Å². The molecule has 1 saturated carbocycles. The second kappa shape index (κ2) is 7.07. The predicted molar refractivity (Wildman–Crippen MR) is 71.3 cm³/mol. The van der Waals surface area contributed by atoms with Crippen LogP contribution in [0, 0.1) is 5.82 Å². The molecule has 2 nitrogen and oxygen atoms in total. The first-order chi connectivity index (χ1) is 8.75. The molecule has 1 aromatic carbocycles. The van der Waals surface area contributed by atoms with E-state index in [-0.39, 0.29) is 10.8 Å². The van der Waals surface area contributed by atoms with E-state index in [1.54, 1.807) is 6.07 Å². The van der Waals surface area contributed by atoms with Gasteiger partial charge >= 0.3 is 0 Å². The van der Waals surface area contributed by atoms with Crippen LogP contribution >= 0.6 is 11.6 Å². The third kappa shape index (κ3) is 4.23. The Bertz CT molecular complexity index is 380. The molecule has 1 aliphatic carbocycles. The van der Waals surface area contributed by atoms with Crippen LogP contribution in [-0.4, -0.2) is 19.3 Å². The molecule has 0 spiro atoms. The lowest BCUT2D eigenvalue weighted by atomic mass is 10.2. The largest absolute Gasteiger partial charge is 0.377 e. The van der Waals surface area contributed by atoms with Gasteiger partial charge in [-0.25, -0.2) is 4.39 Å². The molecule has 1 fully saturated rings. The lowest BCUT2D eigenvalue weighted by Crippen LogP contribution is -2.21. The van der Waals surface area contributed by atoms with Crippen LogP contribution in [0.2, 0.25) is 5.02 Å². The molecule has 0 aromatic heterocycles. The van der Waals surface area contributed by atoms with Gasteiger partial charge in [-0.2, -0.15) is 0 Å². The topological polar surface area (TPSA) is 21.3 Å². The van der Waals surface area contributed by atoms with Gasteiger partial charge in [0.15, 0.2) is 0 Å². The Morgan fingerprint density at radius 3 is 2.83 bits per heavy atom. The number of benzene rings is 1. The van der Waals surface area contributed by atoms with Crippen LogP contribution in [-0.2, 0) is 11.3 Å². The summed E-state index contributed by atoms with van der Waals surface area (Å²) in [4.78, 5) is 0. The summed E-state index contributed by atoms with van der Waals surface area (Å²) in [7, 11) is 0. The molecule has 0 radical (unpaired) electrons. The van der Waals surface area contributed by atoms with E-state index in [1.165, 1.54) is 31.7 Å². The van der Waals surface area contributed by atoms with Gasteiger partial charge in [-0.1, -0.05) is 30.5 Å². The van der Waals surface area contributed by atoms with Crippen molar-refractivity contribution in [3.63, 3.8) is 0 Å². The molecule has 0 saturated heterocycles. The summed E-state index contributed by atoms with van der Waals surface area (Å²) in [6, 6.07) is 4.88. The molecule has 2 rings (SSSR count). The third-order valence-electron chi connectivity index (χ3n) is 3.25. The first-order valence-corrected chi connectivity index (χ1v) is 6.90. The maximum Gasteiger partial charge on any atom is 0.142 e. The highest BCUT2D eigenvalue weighted by Gasteiger charge is 2.14. The molecule has 0 unspecified atom stereocenters. The summed E-state index contributed by atoms with van der Waals surface area (Å²) in [5, 5.41) is 3.41. The summed E-state index contributed by atoms with van der Waals surface area (Å²) in [5.74, 6) is -0.363. The number of nitrogens with one attached hydrogen (secondary N) is 1. The van der Waals surface area contributed by atoms with Crippen LogP contribution < -0.4 is 5.32 Å². The lowest BCUT2D eigenvalue weighted by molar-refractivity contribution is 0.0602. The second-order valence-corrected chi connectivity index (χ2v) is 5.11. The monoisotopic (exact) mass is 271 g/mol. The van der Waals surface area contributed by atoms with Gasteiger partial charge < -0.3 is 10.1 Å². The standard InChI is InChI=1S/C14H19ClFNO/c15-13-6-5-11(9-14(13)16)10-17-7-8-18-12-3-1-2-4-12/h5-6,9,12,17H,1-4,7-8,10H2. The second-order valence-electron chi connectivity index (χ2n) is 4.70. The van der Waals surface area contributed by atoms with E-state index in [0.717, 1.165) is 18.7 Å². The van der Waals surface area contributed by atoms with Crippen LogP contribution in [0.5, 0.6) is 0 Å². The highest BCUT2D eigenvalue weighted by molar-refractivity contribution is 6.30. The van der Waals surface area contributed by atoms with Gasteiger partial charge in [-0.05, 0) is 30.5 Å². The highest BCUT2D eigenvalue weighted by atomic mass is 35.5. The molecule has 0 amide bonds. The summed E-state index contributed by atoms with van der Waals surface area (Å²) >= 11 is 5.62. The zero-order valence-corrected chi connectivity index (χ0v) is 11.2. The Morgan fingerprint density at radius 1 is 1.33 bits per heavy atom. The molecule has 1 aromatic rings. The number of halogens is 2. The zero-order chi connectivity index (χ0) is 12.8. The molecule has 0 atom stereocenters. The van der Waals surface area contributed by atoms with Gasteiger partial charge in [0.2, 0.25) is 0 Å². The summed E-state index contributed by atoms with van der Waals surface area (Å²) in [6.45, 7) is 2.16. The van der Waals surface area contributed by atoms with Gasteiger partial charge in [0, 0.05) is 13.1 Å². The molecule has 18 heavy (non-hydrogen) atoms. The minimum absolute atomic E-state index is 0.170. The summed E-state index contributed by atoms with van der Waals surface area (Å²) < 4.78 is 18.9. The van der Waals surface area contributed by atoms with Crippen molar-refractivity contribution in [3.8, 4) is 0 Å². The fourth-order valence-corrected chi connectivity index (χ4v) is 2.35. The minimum Gasteiger partial charge on any atom is -0.377 e. The van der Waals surface area contributed by atoms with Crippen LogP contribution in [0.1, 0.15) is 31.2 Å². The maximum atomic E-state index is 13.2. The first-order valence-electron chi connectivity index (χ1n) is 6.52.